The Morgan fingerprint density at radius 3 is 2.59 bits per heavy atom. The molecule has 0 spiro atoms. The third-order valence-electron chi connectivity index (χ3n) is 3.27. The van der Waals surface area contributed by atoms with Crippen molar-refractivity contribution in [3.8, 4) is 0 Å². The molecule has 1 N–H and O–H groups in total. The van der Waals surface area contributed by atoms with Crippen molar-refractivity contribution in [3.05, 3.63) is 46.9 Å². The summed E-state index contributed by atoms with van der Waals surface area (Å²) in [5.41, 5.74) is 1.80. The molecule has 0 saturated heterocycles. The van der Waals surface area contributed by atoms with E-state index < -0.39 is 0 Å². The van der Waals surface area contributed by atoms with E-state index in [1.54, 1.807) is 31.3 Å². The van der Waals surface area contributed by atoms with E-state index in [0.717, 1.165) is 12.0 Å². The Morgan fingerprint density at radius 2 is 2.05 bits per heavy atom. The van der Waals surface area contributed by atoms with Crippen LogP contribution in [0.5, 0.6) is 0 Å². The Labute approximate surface area is 132 Å². The van der Waals surface area contributed by atoms with Crippen LogP contribution in [0.1, 0.15) is 52.2 Å². The van der Waals surface area contributed by atoms with E-state index in [1.165, 1.54) is 6.07 Å². The van der Waals surface area contributed by atoms with Crippen molar-refractivity contribution in [3.63, 3.8) is 0 Å². The Balaban J connectivity index is 2.84. The van der Waals surface area contributed by atoms with Crippen molar-refractivity contribution in [1.82, 2.24) is 5.32 Å². The maximum Gasteiger partial charge on any atom is 0.269 e. The topological polar surface area (TPSA) is 41.5 Å². The monoisotopic (exact) mass is 304 g/mol. The van der Waals surface area contributed by atoms with E-state index in [2.05, 4.69) is 31.1 Å². The molecule has 0 unspecified atom stereocenters. The molecule has 0 aromatic heterocycles. The Bertz CT molecular complexity index is 583. The highest BCUT2D eigenvalue weighted by molar-refractivity contribution is 5.94. The molecular weight excluding hydrogens is 279 g/mol. The number of benzene rings is 1. The third kappa shape index (κ3) is 5.10. The molecule has 1 amide bonds. The molecule has 3 nitrogen and oxygen atoms in total. The van der Waals surface area contributed by atoms with Gasteiger partial charge in [-0.15, -0.1) is 0 Å². The summed E-state index contributed by atoms with van der Waals surface area (Å²) in [6.07, 6.45) is 4.08. The molecule has 0 atom stereocenters. The van der Waals surface area contributed by atoms with E-state index in [0.29, 0.717) is 11.3 Å². The number of rotatable bonds is 5. The zero-order chi connectivity index (χ0) is 16.8. The van der Waals surface area contributed by atoms with Gasteiger partial charge >= 0.3 is 0 Å². The fourth-order valence-electron chi connectivity index (χ4n) is 1.90. The average Bonchev–Trinajstić information content (AvgIpc) is 2.46. The summed E-state index contributed by atoms with van der Waals surface area (Å²) >= 11 is 0. The number of nitrogens with one attached hydrogen (secondary N) is 1. The quantitative estimate of drug-likeness (QED) is 0.645. The lowest BCUT2D eigenvalue weighted by molar-refractivity contribution is -0.117. The van der Waals surface area contributed by atoms with E-state index in [-0.39, 0.29) is 23.7 Å². The van der Waals surface area contributed by atoms with E-state index in [4.69, 9.17) is 0 Å². The highest BCUT2D eigenvalue weighted by atomic mass is 19.1. The lowest BCUT2D eigenvalue weighted by Gasteiger charge is -2.20. The van der Waals surface area contributed by atoms with Crippen LogP contribution in [0.15, 0.2) is 35.0 Å². The highest BCUT2D eigenvalue weighted by Crippen LogP contribution is 2.24. The summed E-state index contributed by atoms with van der Waals surface area (Å²) < 4.78 is 13.9. The highest BCUT2D eigenvalue weighted by Gasteiger charge is 2.16. The van der Waals surface area contributed by atoms with Gasteiger partial charge in [0.05, 0.1) is 0 Å². The lowest BCUT2D eigenvalue weighted by atomic mass is 9.86. The van der Waals surface area contributed by atoms with Gasteiger partial charge < -0.3 is 5.32 Å². The van der Waals surface area contributed by atoms with Gasteiger partial charge in [0.15, 0.2) is 0 Å². The third-order valence-corrected chi connectivity index (χ3v) is 3.27. The van der Waals surface area contributed by atoms with Crippen LogP contribution in [0.3, 0.4) is 0 Å². The Hall–Kier alpha value is -1.97. The molecule has 0 heterocycles. The van der Waals surface area contributed by atoms with Gasteiger partial charge in [-0.05, 0) is 30.4 Å². The first-order valence-electron chi connectivity index (χ1n) is 7.55. The van der Waals surface area contributed by atoms with Crippen molar-refractivity contribution in [1.29, 1.82) is 0 Å². The number of hydrogen-bond donors (Lipinski definition) is 1. The second-order valence-electron chi connectivity index (χ2n) is 6.13. The van der Waals surface area contributed by atoms with Gasteiger partial charge in [0.25, 0.3) is 5.91 Å². The maximum atomic E-state index is 13.9. The van der Waals surface area contributed by atoms with Crippen molar-refractivity contribution in [2.45, 2.75) is 53.0 Å². The normalized spacial score (nSPS) is 12.7. The molecule has 1 aromatic carbocycles. The van der Waals surface area contributed by atoms with E-state index in [1.807, 2.05) is 6.92 Å². The standard InChI is InChI=1S/C18H25FN2O/c1-6-10-20-16(7-2)17(22)21-12-13-11-14(18(3,4)5)8-9-15(13)19/h7-11H,6,12H2,1-5H3,(H,21,22)/b16-7-,20-10?. The van der Waals surface area contributed by atoms with Crippen LogP contribution >= 0.6 is 0 Å². The molecule has 4 heteroatoms. The zero-order valence-electron chi connectivity index (χ0n) is 14.0. The zero-order valence-corrected chi connectivity index (χ0v) is 14.0. The summed E-state index contributed by atoms with van der Waals surface area (Å²) in [4.78, 5) is 16.1. The number of aliphatic imine (C=N–C) groups is 1. The van der Waals surface area contributed by atoms with E-state index in [9.17, 15) is 9.18 Å². The number of amides is 1. The minimum absolute atomic E-state index is 0.0631. The van der Waals surface area contributed by atoms with Gasteiger partial charge in [0, 0.05) is 18.3 Å². The number of hydrogen-bond acceptors (Lipinski definition) is 2. The molecule has 0 bridgehead atoms. The molecule has 0 aliphatic carbocycles. The minimum atomic E-state index is -0.313. The maximum absolute atomic E-state index is 13.9. The first kappa shape index (κ1) is 18.1. The van der Waals surface area contributed by atoms with Gasteiger partial charge in [0.1, 0.15) is 11.5 Å². The van der Waals surface area contributed by atoms with Crippen molar-refractivity contribution < 1.29 is 9.18 Å². The number of nitrogens with zero attached hydrogens (tertiary/aromatic N) is 1. The fourth-order valence-corrected chi connectivity index (χ4v) is 1.90. The van der Waals surface area contributed by atoms with Gasteiger partial charge in [-0.2, -0.15) is 0 Å². The molecule has 1 aromatic rings. The van der Waals surface area contributed by atoms with Crippen molar-refractivity contribution >= 4 is 12.1 Å². The Morgan fingerprint density at radius 1 is 1.36 bits per heavy atom. The molecule has 0 saturated carbocycles. The molecule has 120 valence electrons. The summed E-state index contributed by atoms with van der Waals surface area (Å²) in [7, 11) is 0. The Kier molecular flexibility index (Phi) is 6.47. The lowest BCUT2D eigenvalue weighted by Crippen LogP contribution is -2.25. The smallest absolute Gasteiger partial charge is 0.269 e. The largest absolute Gasteiger partial charge is 0.347 e. The van der Waals surface area contributed by atoms with Crippen LogP contribution in [0.4, 0.5) is 4.39 Å². The van der Waals surface area contributed by atoms with Crippen LogP contribution in [0.2, 0.25) is 0 Å². The molecule has 0 aliphatic rings. The number of carbonyl (C=O) groups is 1. The summed E-state index contributed by atoms with van der Waals surface area (Å²) in [5, 5.41) is 2.72. The van der Waals surface area contributed by atoms with Crippen LogP contribution in [-0.4, -0.2) is 12.1 Å². The van der Waals surface area contributed by atoms with Gasteiger partial charge in [-0.25, -0.2) is 4.39 Å². The van der Waals surface area contributed by atoms with Crippen LogP contribution in [0, 0.1) is 5.82 Å². The van der Waals surface area contributed by atoms with Crippen molar-refractivity contribution in [2.24, 2.45) is 4.99 Å². The first-order valence-corrected chi connectivity index (χ1v) is 7.55. The first-order chi connectivity index (χ1) is 10.3. The fraction of sp³-hybridized carbons (Fsp3) is 0.444. The van der Waals surface area contributed by atoms with Crippen LogP contribution in [0.25, 0.3) is 0 Å². The number of carbonyl (C=O) groups excluding carboxylic acids is 1. The van der Waals surface area contributed by atoms with Crippen LogP contribution in [-0.2, 0) is 16.8 Å². The van der Waals surface area contributed by atoms with Gasteiger partial charge in [0.2, 0.25) is 0 Å². The van der Waals surface area contributed by atoms with Crippen molar-refractivity contribution in [2.75, 3.05) is 0 Å². The minimum Gasteiger partial charge on any atom is -0.347 e. The second-order valence-corrected chi connectivity index (χ2v) is 6.13. The summed E-state index contributed by atoms with van der Waals surface area (Å²) in [6, 6.07) is 5.04. The SMILES string of the molecule is C/C=C(\N=CCC)C(=O)NCc1cc(C(C)(C)C)ccc1F. The van der Waals surface area contributed by atoms with Gasteiger partial charge in [-0.1, -0.05) is 45.9 Å². The molecule has 22 heavy (non-hydrogen) atoms. The van der Waals surface area contributed by atoms with Crippen LogP contribution < -0.4 is 5.32 Å². The van der Waals surface area contributed by atoms with E-state index >= 15 is 0 Å². The summed E-state index contributed by atoms with van der Waals surface area (Å²) in [5.74, 6) is -0.611. The molecular formula is C18H25FN2O. The second kappa shape index (κ2) is 7.87. The van der Waals surface area contributed by atoms with Gasteiger partial charge in [-0.3, -0.25) is 9.79 Å². The number of allylic oxidation sites excluding steroid dienone is 1. The molecule has 0 aliphatic heterocycles. The molecule has 0 radical (unpaired) electrons. The average molecular weight is 304 g/mol. The molecule has 1 rings (SSSR count). The predicted molar refractivity (Wildman–Crippen MR) is 89.5 cm³/mol. The number of halogens is 1. The molecule has 0 fully saturated rings. The summed E-state index contributed by atoms with van der Waals surface area (Å²) in [6.45, 7) is 10.1. The predicted octanol–water partition coefficient (Wildman–Crippen LogP) is 4.12.